The molecule has 24 atom stereocenters. The fourth-order valence-corrected chi connectivity index (χ4v) is 29.2. The quantitative estimate of drug-likeness (QED) is 0.0376. The van der Waals surface area contributed by atoms with E-state index in [2.05, 4.69) is 138 Å². The normalized spacial score (nSPS) is 44.2. The van der Waals surface area contributed by atoms with E-state index in [1.54, 1.807) is 14.0 Å². The van der Waals surface area contributed by atoms with Gasteiger partial charge in [0.25, 0.3) is 0 Å². The third-order valence-corrected chi connectivity index (χ3v) is 41.9. The minimum atomic E-state index is -2.40. The molecule has 3 saturated heterocycles. The maximum Gasteiger partial charge on any atom is 0.312 e. The average molecular weight is 1300 g/mol. The van der Waals surface area contributed by atoms with Gasteiger partial charge in [0.15, 0.2) is 49.6 Å². The lowest BCUT2D eigenvalue weighted by molar-refractivity contribution is -0.379. The molecule has 17 unspecified atom stereocenters. The SMILES string of the molecule is CCC1OC(OC2C(O[C@H]3CC[C@@]4(C)C(CC[C@]5(C)C4CC=C4C6CC(C)(C)CC[C@]6(C(=O)O)[C@H](OC)C[C@]45C)[C@]3(C)C=O)OC(C(C)=O)C(C)C2OC2OCC(C)C(C)C2O[Si](CC)(CC)CC)C(O[Si](CC)(CC)CC)C(O[Si](CC)(CC)CC)C1C. The molecule has 4 saturated carbocycles. The number of carbonyl (C=O) groups excluding carboxylic acids is 2. The number of hydrogen-bond donors (Lipinski definition) is 1. The summed E-state index contributed by atoms with van der Waals surface area (Å²) in [4.78, 5) is 42.8. The molecule has 14 nitrogen and oxygen atoms in total. The minimum absolute atomic E-state index is 0.00267. The van der Waals surface area contributed by atoms with Gasteiger partial charge in [-0.2, -0.15) is 0 Å². The third-order valence-electron chi connectivity index (χ3n) is 28.0. The molecule has 3 heterocycles. The van der Waals surface area contributed by atoms with E-state index in [9.17, 15) is 19.5 Å². The van der Waals surface area contributed by atoms with Crippen LogP contribution in [0.3, 0.4) is 0 Å². The fourth-order valence-electron chi connectivity index (χ4n) is 20.6. The number of ether oxygens (including phenoxy) is 7. The number of carbonyl (C=O) groups is 3. The summed E-state index contributed by atoms with van der Waals surface area (Å²) in [5.41, 5.74) is -1.43. The maximum atomic E-state index is 14.7. The summed E-state index contributed by atoms with van der Waals surface area (Å²) in [6.07, 6.45) is 3.06. The first-order valence-electron chi connectivity index (χ1n) is 36.3. The third kappa shape index (κ3) is 12.7. The molecule has 0 radical (unpaired) electrons. The fraction of sp³-hybridized carbons (Fsp3) is 0.931. The molecule has 8 rings (SSSR count). The molecule has 0 aromatic rings. The summed E-state index contributed by atoms with van der Waals surface area (Å²) in [5.74, 6) is -1.05. The van der Waals surface area contributed by atoms with Gasteiger partial charge in [-0.15, -0.1) is 0 Å². The molecule has 0 spiro atoms. The molecule has 0 bridgehead atoms. The van der Waals surface area contributed by atoms with Crippen LogP contribution < -0.4 is 0 Å². The van der Waals surface area contributed by atoms with Gasteiger partial charge in [0.1, 0.15) is 30.0 Å². The van der Waals surface area contributed by atoms with E-state index >= 15 is 0 Å². The maximum absolute atomic E-state index is 14.7. The van der Waals surface area contributed by atoms with Crippen LogP contribution in [0.4, 0.5) is 0 Å². The van der Waals surface area contributed by atoms with Crippen molar-refractivity contribution in [3.63, 3.8) is 0 Å². The second kappa shape index (κ2) is 28.1. The molecule has 0 amide bonds. The molecule has 17 heteroatoms. The van der Waals surface area contributed by atoms with Gasteiger partial charge in [-0.05, 0) is 177 Å². The molecular formula is C72H128O14Si3. The zero-order chi connectivity index (χ0) is 65.8. The van der Waals surface area contributed by atoms with Crippen LogP contribution >= 0.6 is 0 Å². The van der Waals surface area contributed by atoms with Crippen LogP contribution in [0.5, 0.6) is 0 Å². The Morgan fingerprint density at radius 1 is 0.618 bits per heavy atom. The molecule has 8 aliphatic rings. The lowest BCUT2D eigenvalue weighted by Crippen LogP contribution is -2.69. The summed E-state index contributed by atoms with van der Waals surface area (Å²) in [6, 6.07) is 8.64. The van der Waals surface area contributed by atoms with E-state index in [4.69, 9.17) is 46.4 Å². The average Bonchev–Trinajstić information content (AvgIpc) is 0.675. The molecule has 1 N–H and O–H groups in total. The highest BCUT2D eigenvalue weighted by Gasteiger charge is 2.73. The largest absolute Gasteiger partial charge is 0.481 e. The highest BCUT2D eigenvalue weighted by Crippen LogP contribution is 2.76. The number of fused-ring (bicyclic) bond motifs is 7. The number of aliphatic carboxylic acids is 1. The van der Waals surface area contributed by atoms with Gasteiger partial charge in [-0.1, -0.05) is 150 Å². The van der Waals surface area contributed by atoms with E-state index in [0.717, 1.165) is 99.3 Å². The van der Waals surface area contributed by atoms with Crippen LogP contribution in [0.15, 0.2) is 11.6 Å². The van der Waals surface area contributed by atoms with Crippen LogP contribution in [0, 0.1) is 73.9 Å². The van der Waals surface area contributed by atoms with Crippen LogP contribution in [0.2, 0.25) is 54.4 Å². The van der Waals surface area contributed by atoms with E-state index in [0.29, 0.717) is 25.9 Å². The summed E-state index contributed by atoms with van der Waals surface area (Å²) in [7, 11) is -5.15. The number of allylic oxidation sites excluding steroid dienone is 2. The molecule has 7 fully saturated rings. The Bertz CT molecular complexity index is 2420. The first-order chi connectivity index (χ1) is 41.9. The van der Waals surface area contributed by atoms with E-state index in [-0.39, 0.29) is 81.3 Å². The zero-order valence-corrected chi connectivity index (χ0v) is 63.0. The second-order valence-corrected chi connectivity index (χ2v) is 46.2. The Labute approximate surface area is 543 Å². The number of aldehydes is 1. The molecule has 0 aromatic heterocycles. The van der Waals surface area contributed by atoms with Gasteiger partial charge in [-0.3, -0.25) is 9.59 Å². The highest BCUT2D eigenvalue weighted by atomic mass is 28.4. The molecular weight excluding hydrogens is 1170 g/mol. The minimum Gasteiger partial charge on any atom is -0.481 e. The van der Waals surface area contributed by atoms with Crippen molar-refractivity contribution >= 4 is 43.0 Å². The van der Waals surface area contributed by atoms with E-state index < -0.39 is 103 Å². The zero-order valence-electron chi connectivity index (χ0n) is 60.0. The summed E-state index contributed by atoms with van der Waals surface area (Å²) in [6.45, 7) is 47.6. The predicted octanol–water partition coefficient (Wildman–Crippen LogP) is 16.4. The first kappa shape index (κ1) is 73.6. The van der Waals surface area contributed by atoms with Gasteiger partial charge < -0.3 is 56.3 Å². The van der Waals surface area contributed by atoms with Crippen LogP contribution in [-0.4, -0.2) is 136 Å². The smallest absolute Gasteiger partial charge is 0.312 e. The topological polar surface area (TPSA) is 164 Å². The first-order valence-corrected chi connectivity index (χ1v) is 43.8. The van der Waals surface area contributed by atoms with Crippen LogP contribution in [0.25, 0.3) is 0 Å². The Morgan fingerprint density at radius 2 is 1.17 bits per heavy atom. The lowest BCUT2D eigenvalue weighted by atomic mass is 9.33. The van der Waals surface area contributed by atoms with Gasteiger partial charge in [-0.25, -0.2) is 0 Å². The molecule has 0 aromatic carbocycles. The number of methoxy groups -OCH3 is 1. The van der Waals surface area contributed by atoms with Crippen LogP contribution in [0.1, 0.15) is 210 Å². The van der Waals surface area contributed by atoms with Gasteiger partial charge >= 0.3 is 5.97 Å². The van der Waals surface area contributed by atoms with Crippen molar-refractivity contribution in [2.45, 2.75) is 338 Å². The summed E-state index contributed by atoms with van der Waals surface area (Å²) < 4.78 is 74.1. The Hall–Kier alpha value is -1.20. The van der Waals surface area contributed by atoms with E-state index in [1.165, 1.54) is 11.9 Å². The Morgan fingerprint density at radius 3 is 1.70 bits per heavy atom. The molecule has 512 valence electrons. The molecule has 3 aliphatic heterocycles. The number of carboxylic acids is 1. The summed E-state index contributed by atoms with van der Waals surface area (Å²) >= 11 is 0. The van der Waals surface area contributed by atoms with Crippen molar-refractivity contribution < 1.29 is 65.9 Å². The molecule has 89 heavy (non-hydrogen) atoms. The van der Waals surface area contributed by atoms with Crippen molar-refractivity contribution in [3.8, 4) is 0 Å². The lowest BCUT2D eigenvalue weighted by Gasteiger charge is -2.71. The Kier molecular flexibility index (Phi) is 23.2. The van der Waals surface area contributed by atoms with Crippen molar-refractivity contribution in [1.82, 2.24) is 0 Å². The van der Waals surface area contributed by atoms with Crippen molar-refractivity contribution in [2.75, 3.05) is 13.7 Å². The Balaban J connectivity index is 1.23. The molecule has 5 aliphatic carbocycles. The van der Waals surface area contributed by atoms with Gasteiger partial charge in [0, 0.05) is 18.9 Å². The predicted molar refractivity (Wildman–Crippen MR) is 359 cm³/mol. The number of rotatable bonds is 26. The number of ketones is 1. The number of hydrogen-bond acceptors (Lipinski definition) is 13. The van der Waals surface area contributed by atoms with Crippen molar-refractivity contribution in [1.29, 1.82) is 0 Å². The van der Waals surface area contributed by atoms with Gasteiger partial charge in [0.05, 0.1) is 48.6 Å². The van der Waals surface area contributed by atoms with Gasteiger partial charge in [0.2, 0.25) is 0 Å². The van der Waals surface area contributed by atoms with Crippen molar-refractivity contribution in [2.24, 2.45) is 73.9 Å². The van der Waals surface area contributed by atoms with Crippen molar-refractivity contribution in [3.05, 3.63) is 11.6 Å². The highest BCUT2D eigenvalue weighted by molar-refractivity contribution is 6.74. The number of carboxylic acid groups (broad SMARTS) is 1. The standard InChI is InChI=1S/C72H128O14Si3/c1-23-52-47(13)59(84-87(24-2,25-3)26-4)62(86-89(30-8,31-9)32-10)65(79-52)83-61-58(82-63-60(46(12)45(11)43-78-63)85-88(27-5,28-6)29-7)48(14)57(49(15)74)81-64(61)80-55-36-37-68(18)53(69(55,19)44-73)35-38-70(20)54(68)34-33-50-51-41-67(16,17)39-40-72(51,66(75)76)56(77-22)42-71(50,70)21/h33,44-48,51-65H,23-32,34-43H2,1-22H3,(H,75,76)/t45?,46?,47?,48?,51?,52?,53?,54?,55-,56+,57?,58?,59?,60?,61?,62?,63?,64?,65?,68-,69-,70+,71+,72+/m0/s1. The monoisotopic (exact) mass is 1300 g/mol. The number of Topliss-reactive ketones (excluding diaryl/α,β-unsaturated/α-hetero) is 1. The second-order valence-electron chi connectivity index (χ2n) is 32.1. The van der Waals surface area contributed by atoms with E-state index in [1.807, 2.05) is 6.92 Å². The summed E-state index contributed by atoms with van der Waals surface area (Å²) in [5, 5.41) is 11.3. The van der Waals surface area contributed by atoms with Crippen LogP contribution in [-0.2, 0) is 60.8 Å².